The van der Waals surface area contributed by atoms with Crippen LogP contribution in [0.4, 0.5) is 0 Å². The number of fused-ring (bicyclic) bond motifs is 1. The lowest BCUT2D eigenvalue weighted by atomic mass is 10.0. The fraction of sp³-hybridized carbons (Fsp3) is 0.333. The minimum absolute atomic E-state index is 0.336. The van der Waals surface area contributed by atoms with E-state index in [0.29, 0.717) is 0 Å². The van der Waals surface area contributed by atoms with Crippen molar-refractivity contribution in [2.24, 2.45) is 0 Å². The molecule has 1 N–H and O–H groups in total. The SMILES string of the molecule is O[C@H]1CSCc2c(Cl)cccc21. The highest BCUT2D eigenvalue weighted by molar-refractivity contribution is 7.98. The predicted molar refractivity (Wildman–Crippen MR) is 52.6 cm³/mol. The lowest BCUT2D eigenvalue weighted by Crippen LogP contribution is -2.09. The smallest absolute Gasteiger partial charge is 0.0884 e. The molecule has 2 rings (SSSR count). The third-order valence-electron chi connectivity index (χ3n) is 2.04. The summed E-state index contributed by atoms with van der Waals surface area (Å²) in [5, 5.41) is 10.4. The summed E-state index contributed by atoms with van der Waals surface area (Å²) in [4.78, 5) is 0. The van der Waals surface area contributed by atoms with Crippen LogP contribution in [0.5, 0.6) is 0 Å². The van der Waals surface area contributed by atoms with Crippen LogP contribution in [0.1, 0.15) is 17.2 Å². The molecule has 1 aliphatic heterocycles. The molecular weight excluding hydrogens is 192 g/mol. The summed E-state index contributed by atoms with van der Waals surface area (Å²) in [5.74, 6) is 1.71. The van der Waals surface area contributed by atoms with Gasteiger partial charge >= 0.3 is 0 Å². The molecule has 1 heterocycles. The van der Waals surface area contributed by atoms with E-state index in [1.807, 2.05) is 18.2 Å². The molecule has 1 aromatic rings. The van der Waals surface area contributed by atoms with Gasteiger partial charge in [-0.05, 0) is 17.2 Å². The maximum Gasteiger partial charge on any atom is 0.0884 e. The van der Waals surface area contributed by atoms with E-state index < -0.39 is 0 Å². The Balaban J connectivity index is 2.52. The van der Waals surface area contributed by atoms with E-state index >= 15 is 0 Å². The number of aliphatic hydroxyl groups excluding tert-OH is 1. The van der Waals surface area contributed by atoms with Crippen LogP contribution < -0.4 is 0 Å². The van der Waals surface area contributed by atoms with Gasteiger partial charge in [0.25, 0.3) is 0 Å². The van der Waals surface area contributed by atoms with E-state index in [1.165, 1.54) is 0 Å². The van der Waals surface area contributed by atoms with Crippen LogP contribution in [0.2, 0.25) is 5.02 Å². The monoisotopic (exact) mass is 200 g/mol. The first-order valence-electron chi connectivity index (χ1n) is 3.82. The molecule has 3 heteroatoms. The van der Waals surface area contributed by atoms with Gasteiger partial charge in [0.15, 0.2) is 0 Å². The van der Waals surface area contributed by atoms with Crippen molar-refractivity contribution in [1.82, 2.24) is 0 Å². The fourth-order valence-electron chi connectivity index (χ4n) is 1.40. The Labute approximate surface area is 80.7 Å². The number of benzene rings is 1. The van der Waals surface area contributed by atoms with Crippen molar-refractivity contribution in [2.45, 2.75) is 11.9 Å². The topological polar surface area (TPSA) is 20.2 Å². The van der Waals surface area contributed by atoms with E-state index in [0.717, 1.165) is 27.7 Å². The maximum atomic E-state index is 9.61. The van der Waals surface area contributed by atoms with Gasteiger partial charge in [0.1, 0.15) is 0 Å². The summed E-state index contributed by atoms with van der Waals surface area (Å²) < 4.78 is 0. The summed E-state index contributed by atoms with van der Waals surface area (Å²) in [7, 11) is 0. The normalized spacial score (nSPS) is 22.0. The summed E-state index contributed by atoms with van der Waals surface area (Å²) in [6, 6.07) is 5.71. The van der Waals surface area contributed by atoms with Gasteiger partial charge < -0.3 is 5.11 Å². The highest BCUT2D eigenvalue weighted by Gasteiger charge is 2.19. The van der Waals surface area contributed by atoms with E-state index in [-0.39, 0.29) is 6.10 Å². The Morgan fingerprint density at radius 3 is 3.08 bits per heavy atom. The van der Waals surface area contributed by atoms with E-state index in [2.05, 4.69) is 0 Å². The lowest BCUT2D eigenvalue weighted by molar-refractivity contribution is 0.202. The van der Waals surface area contributed by atoms with Gasteiger partial charge in [0.2, 0.25) is 0 Å². The zero-order valence-electron chi connectivity index (χ0n) is 6.46. The van der Waals surface area contributed by atoms with Gasteiger partial charge in [0, 0.05) is 16.5 Å². The first kappa shape index (κ1) is 8.42. The zero-order chi connectivity index (χ0) is 8.55. The molecular formula is C9H9ClOS. The minimum atomic E-state index is -0.336. The molecule has 12 heavy (non-hydrogen) atoms. The van der Waals surface area contributed by atoms with Crippen molar-refractivity contribution in [2.75, 3.05) is 5.75 Å². The van der Waals surface area contributed by atoms with Crippen LogP contribution in [0.3, 0.4) is 0 Å². The predicted octanol–water partition coefficient (Wildman–Crippen LogP) is 2.62. The summed E-state index contributed by atoms with van der Waals surface area (Å²) in [5.41, 5.74) is 2.10. The third-order valence-corrected chi connectivity index (χ3v) is 3.43. The van der Waals surface area contributed by atoms with Crippen molar-refractivity contribution < 1.29 is 5.11 Å². The average molecular weight is 201 g/mol. The van der Waals surface area contributed by atoms with Crippen LogP contribution in [0, 0.1) is 0 Å². The molecule has 0 unspecified atom stereocenters. The number of hydrogen-bond acceptors (Lipinski definition) is 2. The van der Waals surface area contributed by atoms with Gasteiger partial charge in [-0.1, -0.05) is 23.7 Å². The quantitative estimate of drug-likeness (QED) is 0.695. The van der Waals surface area contributed by atoms with Gasteiger partial charge in [-0.15, -0.1) is 0 Å². The Hall–Kier alpha value is -0.180. The molecule has 1 nitrogen and oxygen atoms in total. The van der Waals surface area contributed by atoms with Crippen LogP contribution in [-0.4, -0.2) is 10.9 Å². The van der Waals surface area contributed by atoms with Gasteiger partial charge in [-0.3, -0.25) is 0 Å². The highest BCUT2D eigenvalue weighted by atomic mass is 35.5. The number of halogens is 1. The third kappa shape index (κ3) is 1.35. The van der Waals surface area contributed by atoms with E-state index in [1.54, 1.807) is 11.8 Å². The Morgan fingerprint density at radius 2 is 2.33 bits per heavy atom. The molecule has 0 saturated carbocycles. The van der Waals surface area contributed by atoms with Gasteiger partial charge in [0.05, 0.1) is 6.10 Å². The second-order valence-corrected chi connectivity index (χ2v) is 4.28. The molecule has 0 saturated heterocycles. The van der Waals surface area contributed by atoms with E-state index in [4.69, 9.17) is 11.6 Å². The van der Waals surface area contributed by atoms with Crippen LogP contribution in [0.15, 0.2) is 18.2 Å². The Morgan fingerprint density at radius 1 is 1.50 bits per heavy atom. The molecule has 0 bridgehead atoms. The maximum absolute atomic E-state index is 9.61. The molecule has 1 aliphatic rings. The van der Waals surface area contributed by atoms with Crippen molar-refractivity contribution in [3.8, 4) is 0 Å². The van der Waals surface area contributed by atoms with Crippen molar-refractivity contribution in [1.29, 1.82) is 0 Å². The Bertz CT molecular complexity index is 301. The first-order chi connectivity index (χ1) is 5.79. The average Bonchev–Trinajstić information content (AvgIpc) is 2.07. The Kier molecular flexibility index (Phi) is 2.31. The van der Waals surface area contributed by atoms with Crippen LogP contribution in [-0.2, 0) is 5.75 Å². The largest absolute Gasteiger partial charge is 0.388 e. The van der Waals surface area contributed by atoms with Crippen molar-refractivity contribution >= 4 is 23.4 Å². The van der Waals surface area contributed by atoms with Crippen molar-refractivity contribution in [3.05, 3.63) is 34.3 Å². The summed E-state index contributed by atoms with van der Waals surface area (Å²) in [6.45, 7) is 0. The number of hydrogen-bond donors (Lipinski definition) is 1. The van der Waals surface area contributed by atoms with Gasteiger partial charge in [-0.25, -0.2) is 0 Å². The molecule has 0 amide bonds. The number of aliphatic hydroxyl groups is 1. The number of rotatable bonds is 0. The molecule has 0 radical (unpaired) electrons. The molecule has 0 fully saturated rings. The molecule has 0 aromatic heterocycles. The van der Waals surface area contributed by atoms with E-state index in [9.17, 15) is 5.11 Å². The number of thioether (sulfide) groups is 1. The zero-order valence-corrected chi connectivity index (χ0v) is 8.03. The second-order valence-electron chi connectivity index (χ2n) is 2.84. The van der Waals surface area contributed by atoms with Crippen molar-refractivity contribution in [3.63, 3.8) is 0 Å². The van der Waals surface area contributed by atoms with Crippen LogP contribution in [0.25, 0.3) is 0 Å². The van der Waals surface area contributed by atoms with Crippen LogP contribution >= 0.6 is 23.4 Å². The highest BCUT2D eigenvalue weighted by Crippen LogP contribution is 2.35. The second kappa shape index (κ2) is 3.29. The van der Waals surface area contributed by atoms with Gasteiger partial charge in [-0.2, -0.15) is 11.8 Å². The lowest BCUT2D eigenvalue weighted by Gasteiger charge is -2.21. The minimum Gasteiger partial charge on any atom is -0.388 e. The molecule has 64 valence electrons. The fourth-order valence-corrected chi connectivity index (χ4v) is 2.78. The molecule has 1 atom stereocenters. The summed E-state index contributed by atoms with van der Waals surface area (Å²) >= 11 is 7.71. The first-order valence-corrected chi connectivity index (χ1v) is 5.35. The molecule has 0 spiro atoms. The standard InChI is InChI=1S/C9H9ClOS/c10-8-3-1-2-6-7(8)4-12-5-9(6)11/h1-3,9,11H,4-5H2/t9-/m0/s1. The summed E-state index contributed by atoms with van der Waals surface area (Å²) in [6.07, 6.45) is -0.336. The molecule has 1 aromatic carbocycles. The molecule has 0 aliphatic carbocycles.